The van der Waals surface area contributed by atoms with Gasteiger partial charge in [0.1, 0.15) is 5.75 Å². The number of hydrogen-bond acceptors (Lipinski definition) is 4. The lowest BCUT2D eigenvalue weighted by molar-refractivity contribution is 0.0743. The second-order valence-electron chi connectivity index (χ2n) is 6.33. The van der Waals surface area contributed by atoms with Crippen LogP contribution < -0.4 is 4.74 Å². The third kappa shape index (κ3) is 5.69. The standard InChI is InChI=1S/C21H26N2O2/c1-24-20-11-9-18(10-12-20)6-4-14-23(17-21-8-5-15-25-21)16-19-7-2-3-13-22-19/h2-4,6-7,9-13,21H,5,8,14-17H2,1H3. The van der Waals surface area contributed by atoms with E-state index in [9.17, 15) is 0 Å². The van der Waals surface area contributed by atoms with E-state index in [-0.39, 0.29) is 0 Å². The zero-order valence-electron chi connectivity index (χ0n) is 14.8. The molecule has 3 rings (SSSR count). The minimum atomic E-state index is 0.345. The first kappa shape index (κ1) is 17.6. The molecule has 1 saturated heterocycles. The Labute approximate surface area is 150 Å². The second kappa shape index (κ2) is 9.35. The predicted molar refractivity (Wildman–Crippen MR) is 101 cm³/mol. The third-order valence-corrected chi connectivity index (χ3v) is 4.39. The van der Waals surface area contributed by atoms with E-state index in [1.807, 2.05) is 30.5 Å². The Bertz CT molecular complexity index is 649. The summed E-state index contributed by atoms with van der Waals surface area (Å²) >= 11 is 0. The fourth-order valence-electron chi connectivity index (χ4n) is 3.05. The normalized spacial score (nSPS) is 17.4. The van der Waals surface area contributed by atoms with Gasteiger partial charge in [-0.2, -0.15) is 0 Å². The van der Waals surface area contributed by atoms with Gasteiger partial charge in [-0.25, -0.2) is 0 Å². The van der Waals surface area contributed by atoms with Gasteiger partial charge in [0.2, 0.25) is 0 Å². The Morgan fingerprint density at radius 2 is 2.12 bits per heavy atom. The average Bonchev–Trinajstić information content (AvgIpc) is 3.16. The number of methoxy groups -OCH3 is 1. The molecule has 1 fully saturated rings. The highest BCUT2D eigenvalue weighted by molar-refractivity contribution is 5.50. The molecular weight excluding hydrogens is 312 g/mol. The van der Waals surface area contributed by atoms with Crippen molar-refractivity contribution >= 4 is 6.08 Å². The van der Waals surface area contributed by atoms with E-state index in [4.69, 9.17) is 9.47 Å². The molecule has 1 aliphatic rings. The van der Waals surface area contributed by atoms with Gasteiger partial charge in [0.25, 0.3) is 0 Å². The van der Waals surface area contributed by atoms with Crippen molar-refractivity contribution in [3.63, 3.8) is 0 Å². The molecule has 0 radical (unpaired) electrons. The Balaban J connectivity index is 1.60. The van der Waals surface area contributed by atoms with Gasteiger partial charge in [0, 0.05) is 32.4 Å². The fourth-order valence-corrected chi connectivity index (χ4v) is 3.05. The van der Waals surface area contributed by atoms with Crippen LogP contribution in [0.15, 0.2) is 54.7 Å². The molecule has 0 spiro atoms. The molecule has 0 aliphatic carbocycles. The maximum absolute atomic E-state index is 5.81. The lowest BCUT2D eigenvalue weighted by Gasteiger charge is -2.23. The molecule has 0 N–H and O–H groups in total. The number of aromatic nitrogens is 1. The van der Waals surface area contributed by atoms with E-state index in [2.05, 4.69) is 40.2 Å². The maximum atomic E-state index is 5.81. The largest absolute Gasteiger partial charge is 0.497 e. The summed E-state index contributed by atoms with van der Waals surface area (Å²) in [6, 6.07) is 14.2. The zero-order valence-corrected chi connectivity index (χ0v) is 14.8. The van der Waals surface area contributed by atoms with Gasteiger partial charge in [-0.1, -0.05) is 30.4 Å². The van der Waals surface area contributed by atoms with E-state index in [0.717, 1.165) is 44.1 Å². The quantitative estimate of drug-likeness (QED) is 0.733. The number of benzene rings is 1. The molecule has 4 nitrogen and oxygen atoms in total. The summed E-state index contributed by atoms with van der Waals surface area (Å²) in [4.78, 5) is 6.86. The monoisotopic (exact) mass is 338 g/mol. The Morgan fingerprint density at radius 1 is 1.24 bits per heavy atom. The molecule has 0 saturated carbocycles. The van der Waals surface area contributed by atoms with Crippen molar-refractivity contribution in [1.82, 2.24) is 9.88 Å². The van der Waals surface area contributed by atoms with Gasteiger partial charge in [0.15, 0.2) is 0 Å². The van der Waals surface area contributed by atoms with Crippen LogP contribution in [0.3, 0.4) is 0 Å². The summed E-state index contributed by atoms with van der Waals surface area (Å²) in [6.45, 7) is 3.56. The predicted octanol–water partition coefficient (Wildman–Crippen LogP) is 3.78. The van der Waals surface area contributed by atoms with Crippen molar-refractivity contribution in [3.8, 4) is 5.75 Å². The Hall–Kier alpha value is -2.17. The minimum absolute atomic E-state index is 0.345. The molecule has 2 heterocycles. The van der Waals surface area contributed by atoms with Crippen molar-refractivity contribution in [3.05, 3.63) is 66.0 Å². The first-order chi connectivity index (χ1) is 12.3. The molecule has 25 heavy (non-hydrogen) atoms. The fraction of sp³-hybridized carbons (Fsp3) is 0.381. The van der Waals surface area contributed by atoms with Crippen molar-refractivity contribution in [2.24, 2.45) is 0 Å². The van der Waals surface area contributed by atoms with Gasteiger partial charge >= 0.3 is 0 Å². The zero-order chi connectivity index (χ0) is 17.3. The first-order valence-electron chi connectivity index (χ1n) is 8.88. The maximum Gasteiger partial charge on any atom is 0.118 e. The summed E-state index contributed by atoms with van der Waals surface area (Å²) in [5.41, 5.74) is 2.27. The van der Waals surface area contributed by atoms with Crippen LogP contribution in [0.2, 0.25) is 0 Å². The van der Waals surface area contributed by atoms with Crippen LogP contribution in [0.1, 0.15) is 24.1 Å². The number of nitrogens with zero attached hydrogens (tertiary/aromatic N) is 2. The highest BCUT2D eigenvalue weighted by Gasteiger charge is 2.19. The second-order valence-corrected chi connectivity index (χ2v) is 6.33. The Kier molecular flexibility index (Phi) is 6.60. The lowest BCUT2D eigenvalue weighted by Crippen LogP contribution is -2.32. The molecular formula is C21H26N2O2. The van der Waals surface area contributed by atoms with Crippen LogP contribution in [0.5, 0.6) is 5.75 Å². The van der Waals surface area contributed by atoms with Crippen LogP contribution in [-0.4, -0.2) is 42.8 Å². The van der Waals surface area contributed by atoms with Gasteiger partial charge in [-0.15, -0.1) is 0 Å². The topological polar surface area (TPSA) is 34.6 Å². The molecule has 4 heteroatoms. The molecule has 1 aromatic carbocycles. The molecule has 132 valence electrons. The van der Waals surface area contributed by atoms with E-state index >= 15 is 0 Å². The third-order valence-electron chi connectivity index (χ3n) is 4.39. The molecule has 1 aliphatic heterocycles. The van der Waals surface area contributed by atoms with Crippen LogP contribution in [0.4, 0.5) is 0 Å². The van der Waals surface area contributed by atoms with E-state index in [0.29, 0.717) is 6.10 Å². The van der Waals surface area contributed by atoms with E-state index in [1.54, 1.807) is 7.11 Å². The van der Waals surface area contributed by atoms with Crippen LogP contribution in [0, 0.1) is 0 Å². The molecule has 1 atom stereocenters. The molecule has 0 amide bonds. The Morgan fingerprint density at radius 3 is 2.80 bits per heavy atom. The molecule has 2 aromatic rings. The molecule has 0 bridgehead atoms. The van der Waals surface area contributed by atoms with Crippen molar-refractivity contribution in [1.29, 1.82) is 0 Å². The highest BCUT2D eigenvalue weighted by Crippen LogP contribution is 2.15. The van der Waals surface area contributed by atoms with Crippen LogP contribution in [0.25, 0.3) is 6.08 Å². The number of rotatable bonds is 8. The SMILES string of the molecule is COc1ccc(C=CCN(Cc2ccccn2)CC2CCCO2)cc1. The van der Waals surface area contributed by atoms with Crippen LogP contribution in [-0.2, 0) is 11.3 Å². The smallest absolute Gasteiger partial charge is 0.118 e. The van der Waals surface area contributed by atoms with Crippen molar-refractivity contribution in [2.75, 3.05) is 26.8 Å². The number of hydrogen-bond donors (Lipinski definition) is 0. The minimum Gasteiger partial charge on any atom is -0.497 e. The van der Waals surface area contributed by atoms with E-state index in [1.165, 1.54) is 12.0 Å². The van der Waals surface area contributed by atoms with E-state index < -0.39 is 0 Å². The summed E-state index contributed by atoms with van der Waals surface area (Å²) < 4.78 is 11.0. The summed E-state index contributed by atoms with van der Waals surface area (Å²) in [5, 5.41) is 0. The van der Waals surface area contributed by atoms with Gasteiger partial charge < -0.3 is 9.47 Å². The van der Waals surface area contributed by atoms with Crippen molar-refractivity contribution < 1.29 is 9.47 Å². The van der Waals surface area contributed by atoms with Gasteiger partial charge in [-0.05, 0) is 42.7 Å². The highest BCUT2D eigenvalue weighted by atomic mass is 16.5. The van der Waals surface area contributed by atoms with Crippen LogP contribution >= 0.6 is 0 Å². The summed E-state index contributed by atoms with van der Waals surface area (Å²) in [7, 11) is 1.69. The average molecular weight is 338 g/mol. The molecule has 1 aromatic heterocycles. The summed E-state index contributed by atoms with van der Waals surface area (Å²) in [5.74, 6) is 0.882. The lowest BCUT2D eigenvalue weighted by atomic mass is 10.2. The first-order valence-corrected chi connectivity index (χ1v) is 8.88. The summed E-state index contributed by atoms with van der Waals surface area (Å²) in [6.07, 6.45) is 8.88. The van der Waals surface area contributed by atoms with Gasteiger partial charge in [0.05, 0.1) is 18.9 Å². The number of ether oxygens (including phenoxy) is 2. The van der Waals surface area contributed by atoms with Gasteiger partial charge in [-0.3, -0.25) is 9.88 Å². The molecule has 1 unspecified atom stereocenters. The van der Waals surface area contributed by atoms with Crippen molar-refractivity contribution in [2.45, 2.75) is 25.5 Å². The number of pyridine rings is 1.